The molecule has 0 aromatic heterocycles. The van der Waals surface area contributed by atoms with Crippen LogP contribution in [-0.2, 0) is 37.9 Å². The van der Waals surface area contributed by atoms with Gasteiger partial charge in [-0.1, -0.05) is 35.5 Å². The quantitative estimate of drug-likeness (QED) is 0.0322. The highest BCUT2D eigenvalue weighted by molar-refractivity contribution is 4.91. The number of aliphatic hydroxyl groups is 6. The summed E-state index contributed by atoms with van der Waals surface area (Å²) in [4.78, 5) is 0. The van der Waals surface area contributed by atoms with Crippen LogP contribution in [0.15, 0.2) is 0 Å². The molecule has 0 radical (unpaired) electrons. The Hall–Kier alpha value is -3.20. The van der Waals surface area contributed by atoms with E-state index in [-0.39, 0.29) is 106 Å². The summed E-state index contributed by atoms with van der Waals surface area (Å²) in [5, 5.41) is 54.2. The minimum atomic E-state index is -1.16. The SMILES string of the molecule is C#CCOCC(COCC#C)(COCC#C)COCC(COCC#C)(COCC#C)COCC#C.OCC(CO)(CO)COCC(CO)(CO)CO. The zero-order valence-corrected chi connectivity index (χ0v) is 30.0. The van der Waals surface area contributed by atoms with Gasteiger partial charge in [-0.2, -0.15) is 0 Å². The maximum Gasteiger partial charge on any atom is 0.107 e. The van der Waals surface area contributed by atoms with Crippen LogP contribution in [0.25, 0.3) is 0 Å². The molecule has 0 rings (SSSR count). The lowest BCUT2D eigenvalue weighted by Crippen LogP contribution is -2.46. The summed E-state index contributed by atoms with van der Waals surface area (Å²) in [7, 11) is 0. The summed E-state index contributed by atoms with van der Waals surface area (Å²) in [6.45, 7) is -0.911. The average Bonchev–Trinajstić information content (AvgIpc) is 3.16. The van der Waals surface area contributed by atoms with E-state index in [2.05, 4.69) is 35.5 Å². The van der Waals surface area contributed by atoms with Gasteiger partial charge in [-0.15, -0.1) is 38.5 Å². The number of hydrogen-bond acceptors (Lipinski definition) is 14. The van der Waals surface area contributed by atoms with Crippen molar-refractivity contribution in [3.05, 3.63) is 0 Å². The molecule has 14 heteroatoms. The van der Waals surface area contributed by atoms with Crippen LogP contribution in [0.5, 0.6) is 0 Å². The van der Waals surface area contributed by atoms with Crippen LogP contribution in [0.1, 0.15) is 0 Å². The van der Waals surface area contributed by atoms with Gasteiger partial charge in [0.05, 0.1) is 127 Å². The van der Waals surface area contributed by atoms with Gasteiger partial charge in [-0.25, -0.2) is 0 Å². The van der Waals surface area contributed by atoms with Gasteiger partial charge < -0.3 is 68.5 Å². The minimum absolute atomic E-state index is 0.107. The van der Waals surface area contributed by atoms with Crippen molar-refractivity contribution in [2.24, 2.45) is 21.7 Å². The summed E-state index contributed by atoms with van der Waals surface area (Å²) < 4.78 is 45.0. The Kier molecular flexibility index (Phi) is 31.8. The van der Waals surface area contributed by atoms with Gasteiger partial charge in [0.2, 0.25) is 0 Å². The molecule has 0 amide bonds. The molecule has 0 saturated carbocycles. The molecular formula is C38H56O14. The first kappa shape index (κ1) is 50.9. The molecule has 6 N–H and O–H groups in total. The smallest absolute Gasteiger partial charge is 0.107 e. The highest BCUT2D eigenvalue weighted by atomic mass is 16.5. The van der Waals surface area contributed by atoms with Crippen molar-refractivity contribution in [2.75, 3.05) is 145 Å². The molecule has 14 nitrogen and oxygen atoms in total. The Morgan fingerprint density at radius 1 is 0.269 bits per heavy atom. The van der Waals surface area contributed by atoms with Gasteiger partial charge in [0.1, 0.15) is 39.6 Å². The van der Waals surface area contributed by atoms with Crippen LogP contribution in [0.4, 0.5) is 0 Å². The third-order valence-corrected chi connectivity index (χ3v) is 7.21. The summed E-state index contributed by atoms with van der Waals surface area (Å²) in [6.07, 6.45) is 32.0. The molecule has 0 unspecified atom stereocenters. The Balaban J connectivity index is 0. The molecule has 0 spiro atoms. The molecule has 0 fully saturated rings. The molecule has 0 heterocycles. The van der Waals surface area contributed by atoms with Gasteiger partial charge in [0.15, 0.2) is 0 Å². The largest absolute Gasteiger partial charge is 0.396 e. The van der Waals surface area contributed by atoms with Crippen LogP contribution in [0, 0.1) is 95.7 Å². The maximum absolute atomic E-state index is 9.03. The van der Waals surface area contributed by atoms with Crippen molar-refractivity contribution in [2.45, 2.75) is 0 Å². The zero-order valence-electron chi connectivity index (χ0n) is 30.0. The second kappa shape index (κ2) is 32.5. The molecule has 0 aliphatic heterocycles. The van der Waals surface area contributed by atoms with Crippen molar-refractivity contribution in [3.63, 3.8) is 0 Å². The van der Waals surface area contributed by atoms with Crippen molar-refractivity contribution in [3.8, 4) is 74.1 Å². The van der Waals surface area contributed by atoms with Crippen molar-refractivity contribution in [1.82, 2.24) is 0 Å². The summed E-state index contributed by atoms with van der Waals surface area (Å²) in [5.41, 5.74) is -3.80. The number of rotatable bonds is 32. The third-order valence-electron chi connectivity index (χ3n) is 7.21. The fraction of sp³-hybridized carbons (Fsp3) is 0.684. The monoisotopic (exact) mass is 736 g/mol. The fourth-order valence-electron chi connectivity index (χ4n) is 4.00. The first-order valence-electron chi connectivity index (χ1n) is 16.0. The van der Waals surface area contributed by atoms with Crippen LogP contribution in [0.2, 0.25) is 0 Å². The van der Waals surface area contributed by atoms with Crippen LogP contribution < -0.4 is 0 Å². The second-order valence-corrected chi connectivity index (χ2v) is 12.1. The molecule has 0 aliphatic rings. The zero-order chi connectivity index (χ0) is 39.5. The molecule has 0 aromatic rings. The average molecular weight is 737 g/mol. The Morgan fingerprint density at radius 3 is 0.577 bits per heavy atom. The number of ether oxygens (including phenoxy) is 8. The van der Waals surface area contributed by atoms with Crippen LogP contribution >= 0.6 is 0 Å². The summed E-state index contributed by atoms with van der Waals surface area (Å²) >= 11 is 0. The highest BCUT2D eigenvalue weighted by Crippen LogP contribution is 2.25. The normalized spacial score (nSPS) is 11.5. The van der Waals surface area contributed by atoms with Crippen molar-refractivity contribution < 1.29 is 68.5 Å². The lowest BCUT2D eigenvalue weighted by molar-refractivity contribution is -0.134. The van der Waals surface area contributed by atoms with Gasteiger partial charge in [0.25, 0.3) is 0 Å². The predicted molar refractivity (Wildman–Crippen MR) is 192 cm³/mol. The van der Waals surface area contributed by atoms with Crippen LogP contribution in [0.3, 0.4) is 0 Å². The van der Waals surface area contributed by atoms with E-state index in [1.54, 1.807) is 0 Å². The Labute approximate surface area is 309 Å². The highest BCUT2D eigenvalue weighted by Gasteiger charge is 2.37. The summed E-state index contributed by atoms with van der Waals surface area (Å²) in [5.74, 6) is 14.6. The maximum atomic E-state index is 9.03. The lowest BCUT2D eigenvalue weighted by Gasteiger charge is -2.36. The first-order valence-corrected chi connectivity index (χ1v) is 16.0. The van der Waals surface area contributed by atoms with E-state index in [9.17, 15) is 0 Å². The van der Waals surface area contributed by atoms with Crippen molar-refractivity contribution >= 4 is 0 Å². The standard InChI is InChI=1S/C28H34O7.C10H22O7/c1-7-13-29-19-27(20-30-14-8-2,21-31-15-9-3)25-35-26-28(22-32-16-10-4,23-33-17-11-5)24-34-18-12-6;11-1-9(2-12,3-13)7-17-8-10(4-14,5-15)6-16/h1-6H,13-26H2;11-16H,1-8H2. The van der Waals surface area contributed by atoms with E-state index in [0.29, 0.717) is 0 Å². The van der Waals surface area contributed by atoms with E-state index >= 15 is 0 Å². The van der Waals surface area contributed by atoms with Gasteiger partial charge in [-0.3, -0.25) is 0 Å². The second-order valence-electron chi connectivity index (χ2n) is 12.1. The molecule has 292 valence electrons. The third kappa shape index (κ3) is 22.0. The molecular weight excluding hydrogens is 680 g/mol. The van der Waals surface area contributed by atoms with Crippen LogP contribution in [-0.4, -0.2) is 176 Å². The van der Waals surface area contributed by atoms with Crippen molar-refractivity contribution in [1.29, 1.82) is 0 Å². The van der Waals surface area contributed by atoms with E-state index in [0.717, 1.165) is 0 Å². The minimum Gasteiger partial charge on any atom is -0.396 e. The molecule has 0 bridgehead atoms. The first-order chi connectivity index (χ1) is 25.1. The van der Waals surface area contributed by atoms with E-state index in [1.165, 1.54) is 0 Å². The number of terminal acetylenes is 6. The Bertz CT molecular complexity index is 934. The van der Waals surface area contributed by atoms with Gasteiger partial charge in [0, 0.05) is 0 Å². The topological polar surface area (TPSA) is 195 Å². The van der Waals surface area contributed by atoms with E-state index in [1.807, 2.05) is 0 Å². The molecule has 52 heavy (non-hydrogen) atoms. The molecule has 0 atom stereocenters. The summed E-state index contributed by atoms with van der Waals surface area (Å²) in [6, 6.07) is 0. The number of hydrogen-bond donors (Lipinski definition) is 6. The molecule has 0 aromatic carbocycles. The Morgan fingerprint density at radius 2 is 0.423 bits per heavy atom. The fourth-order valence-corrected chi connectivity index (χ4v) is 4.00. The predicted octanol–water partition coefficient (Wildman–Crippen LogP) is -2.20. The van der Waals surface area contributed by atoms with E-state index < -0.39 is 61.3 Å². The molecule has 0 aliphatic carbocycles. The van der Waals surface area contributed by atoms with Gasteiger partial charge >= 0.3 is 0 Å². The van der Waals surface area contributed by atoms with E-state index in [4.69, 9.17) is 107 Å². The molecule has 0 saturated heterocycles. The lowest BCUT2D eigenvalue weighted by atomic mass is 9.90. The number of aliphatic hydroxyl groups excluding tert-OH is 6. The van der Waals surface area contributed by atoms with Gasteiger partial charge in [-0.05, 0) is 0 Å².